The van der Waals surface area contributed by atoms with Gasteiger partial charge in [-0.2, -0.15) is 0 Å². The fourth-order valence-corrected chi connectivity index (χ4v) is 3.03. The lowest BCUT2D eigenvalue weighted by Gasteiger charge is -2.15. The maximum Gasteiger partial charge on any atom is 0.335 e. The summed E-state index contributed by atoms with van der Waals surface area (Å²) < 4.78 is 4.79. The molecule has 0 amide bonds. The van der Waals surface area contributed by atoms with Crippen molar-refractivity contribution in [2.24, 2.45) is 0 Å². The van der Waals surface area contributed by atoms with Crippen LogP contribution in [0.15, 0.2) is 0 Å². The van der Waals surface area contributed by atoms with Gasteiger partial charge in [-0.15, -0.1) is 0 Å². The van der Waals surface area contributed by atoms with Gasteiger partial charge in [0.15, 0.2) is 6.10 Å². The predicted octanol–water partition coefficient (Wildman–Crippen LogP) is 4.12. The van der Waals surface area contributed by atoms with Crippen LogP contribution in [-0.4, -0.2) is 46.7 Å². The fraction of sp³-hybridized carbons (Fsp3) is 0.952. The molecule has 5 nitrogen and oxygen atoms in total. The molecule has 0 saturated carbocycles. The molecule has 0 aromatic rings. The lowest BCUT2D eigenvalue weighted by atomic mass is 10.0. The van der Waals surface area contributed by atoms with Gasteiger partial charge in [-0.25, -0.2) is 4.79 Å². The Kier molecular flexibility index (Phi) is 18.6. The Morgan fingerprint density at radius 2 is 1.12 bits per heavy atom. The summed E-state index contributed by atoms with van der Waals surface area (Å²) in [5, 5.41) is 27.4. The smallest absolute Gasteiger partial charge is 0.335 e. The predicted molar refractivity (Wildman–Crippen MR) is 105 cm³/mol. The van der Waals surface area contributed by atoms with E-state index in [1.54, 1.807) is 0 Å². The van der Waals surface area contributed by atoms with E-state index in [0.29, 0.717) is 6.42 Å². The summed E-state index contributed by atoms with van der Waals surface area (Å²) in [4.78, 5) is 11.5. The van der Waals surface area contributed by atoms with E-state index in [0.717, 1.165) is 19.3 Å². The fourth-order valence-electron chi connectivity index (χ4n) is 3.03. The lowest BCUT2D eigenvalue weighted by Crippen LogP contribution is -2.32. The van der Waals surface area contributed by atoms with Crippen LogP contribution in [0.4, 0.5) is 0 Å². The number of aliphatic hydroxyl groups is 3. The van der Waals surface area contributed by atoms with E-state index in [4.69, 9.17) is 14.9 Å². The Balaban J connectivity index is 3.33. The van der Waals surface area contributed by atoms with Crippen molar-refractivity contribution in [3.63, 3.8) is 0 Å². The Labute approximate surface area is 160 Å². The number of rotatable bonds is 19. The zero-order chi connectivity index (χ0) is 19.5. The van der Waals surface area contributed by atoms with Crippen LogP contribution in [-0.2, 0) is 9.53 Å². The molecule has 0 aromatic heterocycles. The topological polar surface area (TPSA) is 87.0 Å². The number of hydrogen-bond donors (Lipinski definition) is 3. The third-order valence-electron chi connectivity index (χ3n) is 4.79. The minimum Gasteiger partial charge on any atom is -0.456 e. The summed E-state index contributed by atoms with van der Waals surface area (Å²) in [6.45, 7) is 1.38. The quantitative estimate of drug-likeness (QED) is 0.234. The zero-order valence-electron chi connectivity index (χ0n) is 16.8. The molecule has 26 heavy (non-hydrogen) atoms. The summed E-state index contributed by atoms with van der Waals surface area (Å²) in [6.07, 6.45) is 16.0. The number of hydrogen-bond acceptors (Lipinski definition) is 5. The van der Waals surface area contributed by atoms with Crippen molar-refractivity contribution in [1.82, 2.24) is 0 Å². The number of carbonyl (C=O) groups excluding carboxylic acids is 1. The second-order valence-corrected chi connectivity index (χ2v) is 7.32. The van der Waals surface area contributed by atoms with Crippen LogP contribution in [0, 0.1) is 0 Å². The molecule has 5 heteroatoms. The Bertz CT molecular complexity index is 305. The summed E-state index contributed by atoms with van der Waals surface area (Å²) in [6, 6.07) is 0. The molecule has 0 radical (unpaired) electrons. The molecule has 0 fully saturated rings. The van der Waals surface area contributed by atoms with E-state index in [9.17, 15) is 9.90 Å². The summed E-state index contributed by atoms with van der Waals surface area (Å²) in [5.74, 6) is -0.757. The Morgan fingerprint density at radius 3 is 1.50 bits per heavy atom. The van der Waals surface area contributed by atoms with Crippen molar-refractivity contribution in [2.75, 3.05) is 13.2 Å². The van der Waals surface area contributed by atoms with E-state index in [-0.39, 0.29) is 0 Å². The van der Waals surface area contributed by atoms with Gasteiger partial charge in [-0.05, 0) is 6.42 Å². The normalized spacial score (nSPS) is 12.5. The first kappa shape index (κ1) is 25.4. The number of esters is 1. The molecule has 0 aliphatic carbocycles. The number of ether oxygens (including phenoxy) is 1. The maximum atomic E-state index is 11.5. The van der Waals surface area contributed by atoms with Crippen molar-refractivity contribution < 1.29 is 24.9 Å². The molecule has 0 saturated heterocycles. The molecule has 156 valence electrons. The number of carbonyl (C=O) groups is 1. The van der Waals surface area contributed by atoms with Crippen molar-refractivity contribution >= 4 is 5.97 Å². The van der Waals surface area contributed by atoms with Gasteiger partial charge in [-0.1, -0.05) is 96.8 Å². The monoisotopic (exact) mass is 374 g/mol. The van der Waals surface area contributed by atoms with E-state index in [2.05, 4.69) is 6.92 Å². The van der Waals surface area contributed by atoms with Gasteiger partial charge < -0.3 is 20.1 Å². The van der Waals surface area contributed by atoms with Crippen LogP contribution >= 0.6 is 0 Å². The minimum absolute atomic E-state index is 0.375. The third kappa shape index (κ3) is 15.6. The van der Waals surface area contributed by atoms with Gasteiger partial charge in [0, 0.05) is 0 Å². The second-order valence-electron chi connectivity index (χ2n) is 7.32. The van der Waals surface area contributed by atoms with Crippen LogP contribution in [0.3, 0.4) is 0 Å². The van der Waals surface area contributed by atoms with Gasteiger partial charge in [0.25, 0.3) is 0 Å². The van der Waals surface area contributed by atoms with E-state index >= 15 is 0 Å². The second kappa shape index (κ2) is 19.1. The van der Waals surface area contributed by atoms with Crippen LogP contribution in [0.1, 0.15) is 103 Å². The highest BCUT2D eigenvalue weighted by Gasteiger charge is 2.20. The average molecular weight is 375 g/mol. The SMILES string of the molecule is CCCCCCCCCCCCCCCCC(O)C(=O)OC(CO)CO. The summed E-state index contributed by atoms with van der Waals surface area (Å²) >= 11 is 0. The summed E-state index contributed by atoms with van der Waals surface area (Å²) in [7, 11) is 0. The summed E-state index contributed by atoms with van der Waals surface area (Å²) in [5.41, 5.74) is 0. The molecule has 0 rings (SSSR count). The molecule has 0 spiro atoms. The van der Waals surface area contributed by atoms with Gasteiger partial charge in [-0.3, -0.25) is 0 Å². The van der Waals surface area contributed by atoms with Crippen molar-refractivity contribution in [1.29, 1.82) is 0 Å². The van der Waals surface area contributed by atoms with Crippen LogP contribution in [0.5, 0.6) is 0 Å². The highest BCUT2D eigenvalue weighted by atomic mass is 16.6. The van der Waals surface area contributed by atoms with E-state index < -0.39 is 31.4 Å². The lowest BCUT2D eigenvalue weighted by molar-refractivity contribution is -0.163. The van der Waals surface area contributed by atoms with Crippen molar-refractivity contribution in [3.05, 3.63) is 0 Å². The van der Waals surface area contributed by atoms with Crippen molar-refractivity contribution in [2.45, 2.75) is 115 Å². The highest BCUT2D eigenvalue weighted by Crippen LogP contribution is 2.14. The molecule has 0 bridgehead atoms. The molecule has 0 aromatic carbocycles. The maximum absolute atomic E-state index is 11.5. The standard InChI is InChI=1S/C21H42O5/c1-2-3-4-5-6-7-8-9-10-11-12-13-14-15-16-20(24)21(25)26-19(17-22)18-23/h19-20,22-24H,2-18H2,1H3. The zero-order valence-corrected chi connectivity index (χ0v) is 16.8. The first-order valence-corrected chi connectivity index (χ1v) is 10.8. The molecule has 1 unspecified atom stereocenters. The molecular weight excluding hydrogens is 332 g/mol. The van der Waals surface area contributed by atoms with Crippen molar-refractivity contribution in [3.8, 4) is 0 Å². The molecule has 0 aliphatic rings. The van der Waals surface area contributed by atoms with Gasteiger partial charge in [0.05, 0.1) is 13.2 Å². The third-order valence-corrected chi connectivity index (χ3v) is 4.79. The Hall–Kier alpha value is -0.650. The van der Waals surface area contributed by atoms with Gasteiger partial charge in [0.1, 0.15) is 6.10 Å². The van der Waals surface area contributed by atoms with Gasteiger partial charge in [0.2, 0.25) is 0 Å². The molecule has 0 heterocycles. The average Bonchev–Trinajstić information content (AvgIpc) is 2.65. The van der Waals surface area contributed by atoms with Gasteiger partial charge >= 0.3 is 5.97 Å². The molecule has 0 aliphatic heterocycles. The van der Waals surface area contributed by atoms with Crippen LogP contribution < -0.4 is 0 Å². The van der Waals surface area contributed by atoms with E-state index in [1.807, 2.05) is 0 Å². The van der Waals surface area contributed by atoms with E-state index in [1.165, 1.54) is 70.6 Å². The minimum atomic E-state index is -1.16. The number of aliphatic hydroxyl groups excluding tert-OH is 3. The largest absolute Gasteiger partial charge is 0.456 e. The molecule has 3 N–H and O–H groups in total. The number of unbranched alkanes of at least 4 members (excludes halogenated alkanes) is 13. The molecule has 1 atom stereocenters. The van der Waals surface area contributed by atoms with Crippen LogP contribution in [0.2, 0.25) is 0 Å². The highest BCUT2D eigenvalue weighted by molar-refractivity contribution is 5.74. The first-order chi connectivity index (χ1) is 12.7. The van der Waals surface area contributed by atoms with Crippen LogP contribution in [0.25, 0.3) is 0 Å². The Morgan fingerprint density at radius 1 is 0.731 bits per heavy atom. The molecular formula is C21H42O5. The first-order valence-electron chi connectivity index (χ1n) is 10.8.